The zero-order valence-electron chi connectivity index (χ0n) is 19.7. The van der Waals surface area contributed by atoms with Crippen LogP contribution in [0.1, 0.15) is 70.9 Å². The second-order valence-electron chi connectivity index (χ2n) is 9.05. The average Bonchev–Trinajstić information content (AvgIpc) is 3.25. The van der Waals surface area contributed by atoms with Crippen LogP contribution in [0.2, 0.25) is 0 Å². The molecule has 1 N–H and O–H groups in total. The molecule has 0 bridgehead atoms. The largest absolute Gasteiger partial charge is 0.496 e. The molecule has 0 unspecified atom stereocenters. The van der Waals surface area contributed by atoms with E-state index >= 15 is 0 Å². The molecule has 2 heterocycles. The van der Waals surface area contributed by atoms with Crippen LogP contribution < -0.4 is 5.32 Å². The fourth-order valence-electron chi connectivity index (χ4n) is 5.60. The minimum absolute atomic E-state index is 0.0568. The molecule has 31 heavy (non-hydrogen) atoms. The van der Waals surface area contributed by atoms with Gasteiger partial charge in [0, 0.05) is 35.5 Å². The normalized spacial score (nSPS) is 24.9. The molecule has 170 valence electrons. The second-order valence-corrected chi connectivity index (χ2v) is 9.05. The number of pyridine rings is 1. The van der Waals surface area contributed by atoms with Gasteiger partial charge >= 0.3 is 0 Å². The summed E-state index contributed by atoms with van der Waals surface area (Å²) >= 11 is 0. The summed E-state index contributed by atoms with van der Waals surface area (Å²) in [4.78, 5) is 4.83. The minimum Gasteiger partial charge on any atom is -0.496 e. The predicted octanol–water partition coefficient (Wildman–Crippen LogP) is 5.86. The fourth-order valence-corrected chi connectivity index (χ4v) is 5.60. The molecule has 1 aliphatic carbocycles. The van der Waals surface area contributed by atoms with Crippen LogP contribution in [0.4, 0.5) is 0 Å². The summed E-state index contributed by atoms with van der Waals surface area (Å²) in [5.74, 6) is 0.882. The number of hydrogen-bond acceptors (Lipinski definition) is 4. The molecule has 0 amide bonds. The summed E-state index contributed by atoms with van der Waals surface area (Å²) in [5, 5.41) is 3.80. The highest BCUT2D eigenvalue weighted by atomic mass is 16.5. The van der Waals surface area contributed by atoms with E-state index in [0.29, 0.717) is 0 Å². The van der Waals surface area contributed by atoms with E-state index in [1.807, 2.05) is 37.4 Å². The molecular formula is C27H40N2O2. The van der Waals surface area contributed by atoms with Gasteiger partial charge in [0.25, 0.3) is 0 Å². The molecule has 0 radical (unpaired) electrons. The van der Waals surface area contributed by atoms with Crippen LogP contribution in [0.15, 0.2) is 60.5 Å². The van der Waals surface area contributed by atoms with Gasteiger partial charge in [-0.2, -0.15) is 0 Å². The highest BCUT2D eigenvalue weighted by Gasteiger charge is 2.48. The third-order valence-electron chi connectivity index (χ3n) is 7.19. The Balaban J connectivity index is 1.79. The summed E-state index contributed by atoms with van der Waals surface area (Å²) < 4.78 is 12.0. The molecule has 1 aromatic heterocycles. The lowest BCUT2D eigenvalue weighted by Crippen LogP contribution is -2.48. The SMILES string of the molecule is C=C/C(=C(\C=C/C)OC)[C@H](CC)NCC[C@@]1(c2ccccn2)CCOC2(CCCC2)C1. The lowest BCUT2D eigenvalue weighted by Gasteiger charge is -2.46. The summed E-state index contributed by atoms with van der Waals surface area (Å²) in [6.07, 6.45) is 17.0. The topological polar surface area (TPSA) is 43.4 Å². The first-order valence-electron chi connectivity index (χ1n) is 11.9. The van der Waals surface area contributed by atoms with E-state index in [0.717, 1.165) is 50.2 Å². The summed E-state index contributed by atoms with van der Waals surface area (Å²) in [6.45, 7) is 10.0. The van der Waals surface area contributed by atoms with Gasteiger partial charge in [-0.05, 0) is 70.2 Å². The Morgan fingerprint density at radius 3 is 2.74 bits per heavy atom. The Hall–Kier alpha value is -1.91. The van der Waals surface area contributed by atoms with Crippen LogP contribution in [0.5, 0.6) is 0 Å². The predicted molar refractivity (Wildman–Crippen MR) is 128 cm³/mol. The quantitative estimate of drug-likeness (QED) is 0.377. The van der Waals surface area contributed by atoms with Crippen LogP contribution in [-0.2, 0) is 14.9 Å². The number of rotatable bonds is 10. The minimum atomic E-state index is 0.0568. The Morgan fingerprint density at radius 2 is 2.13 bits per heavy atom. The Bertz CT molecular complexity index is 765. The number of allylic oxidation sites excluding steroid dienone is 2. The number of methoxy groups -OCH3 is 1. The van der Waals surface area contributed by atoms with Crippen LogP contribution in [0.25, 0.3) is 0 Å². The van der Waals surface area contributed by atoms with E-state index in [4.69, 9.17) is 14.5 Å². The van der Waals surface area contributed by atoms with Crippen molar-refractivity contribution in [3.05, 3.63) is 66.2 Å². The maximum absolute atomic E-state index is 6.39. The molecule has 1 aromatic rings. The summed E-state index contributed by atoms with van der Waals surface area (Å²) in [5.41, 5.74) is 2.47. The van der Waals surface area contributed by atoms with Crippen molar-refractivity contribution in [2.24, 2.45) is 0 Å². The van der Waals surface area contributed by atoms with E-state index < -0.39 is 0 Å². The van der Waals surface area contributed by atoms with Crippen LogP contribution in [0, 0.1) is 0 Å². The molecular weight excluding hydrogens is 384 g/mol. The number of ether oxygens (including phenoxy) is 2. The van der Waals surface area contributed by atoms with Gasteiger partial charge in [0.15, 0.2) is 0 Å². The van der Waals surface area contributed by atoms with Gasteiger partial charge in [0.1, 0.15) is 5.76 Å². The van der Waals surface area contributed by atoms with E-state index in [1.54, 1.807) is 7.11 Å². The lowest BCUT2D eigenvalue weighted by atomic mass is 9.68. The van der Waals surface area contributed by atoms with Crippen LogP contribution in [-0.4, -0.2) is 36.9 Å². The second kappa shape index (κ2) is 11.1. The molecule has 1 saturated heterocycles. The van der Waals surface area contributed by atoms with Gasteiger partial charge in [-0.3, -0.25) is 4.98 Å². The molecule has 3 rings (SSSR count). The molecule has 4 heteroatoms. The fraction of sp³-hybridized carbons (Fsp3) is 0.593. The van der Waals surface area contributed by atoms with Crippen molar-refractivity contribution in [2.75, 3.05) is 20.3 Å². The number of hydrogen-bond donors (Lipinski definition) is 1. The molecule has 0 aromatic carbocycles. The van der Waals surface area contributed by atoms with E-state index in [-0.39, 0.29) is 17.1 Å². The molecule has 1 saturated carbocycles. The standard InChI is InChI=1S/C27H40N2O2/c1-5-12-24(30-4)22(6-2)23(7-3)28-19-16-26(25-13-8-11-18-29-25)17-20-31-27(21-26)14-9-10-15-27/h5-6,8,11-13,18,23,28H,2,7,9-10,14-17,19-21H2,1,3-4H3/b12-5-,24-22-/t23-,26+/m0/s1. The summed E-state index contributed by atoms with van der Waals surface area (Å²) in [6, 6.07) is 6.57. The smallest absolute Gasteiger partial charge is 0.123 e. The van der Waals surface area contributed by atoms with Crippen molar-refractivity contribution >= 4 is 0 Å². The van der Waals surface area contributed by atoms with Crippen molar-refractivity contribution in [3.63, 3.8) is 0 Å². The lowest BCUT2D eigenvalue weighted by molar-refractivity contribution is -0.104. The first-order chi connectivity index (χ1) is 15.1. The van der Waals surface area contributed by atoms with Gasteiger partial charge in [0.05, 0.1) is 12.7 Å². The molecule has 2 aliphatic rings. The molecule has 4 nitrogen and oxygen atoms in total. The zero-order valence-corrected chi connectivity index (χ0v) is 19.7. The third kappa shape index (κ3) is 5.48. The van der Waals surface area contributed by atoms with Gasteiger partial charge in [0.2, 0.25) is 0 Å². The van der Waals surface area contributed by atoms with Crippen molar-refractivity contribution in [1.82, 2.24) is 10.3 Å². The van der Waals surface area contributed by atoms with Crippen LogP contribution in [0.3, 0.4) is 0 Å². The first-order valence-corrected chi connectivity index (χ1v) is 11.9. The average molecular weight is 425 g/mol. The number of nitrogens with zero attached hydrogens (tertiary/aromatic N) is 1. The number of aromatic nitrogens is 1. The van der Waals surface area contributed by atoms with Crippen molar-refractivity contribution in [1.29, 1.82) is 0 Å². The van der Waals surface area contributed by atoms with Gasteiger partial charge < -0.3 is 14.8 Å². The molecule has 2 atom stereocenters. The Labute approximate surface area is 188 Å². The van der Waals surface area contributed by atoms with Crippen molar-refractivity contribution in [2.45, 2.75) is 82.3 Å². The van der Waals surface area contributed by atoms with Crippen LogP contribution >= 0.6 is 0 Å². The summed E-state index contributed by atoms with van der Waals surface area (Å²) in [7, 11) is 1.73. The van der Waals surface area contributed by atoms with Gasteiger partial charge in [-0.25, -0.2) is 0 Å². The van der Waals surface area contributed by atoms with E-state index in [1.165, 1.54) is 31.4 Å². The maximum Gasteiger partial charge on any atom is 0.123 e. The third-order valence-corrected chi connectivity index (χ3v) is 7.19. The van der Waals surface area contributed by atoms with E-state index in [9.17, 15) is 0 Å². The Morgan fingerprint density at radius 1 is 1.32 bits per heavy atom. The van der Waals surface area contributed by atoms with Gasteiger partial charge in [-0.15, -0.1) is 0 Å². The maximum atomic E-state index is 6.39. The highest BCUT2D eigenvalue weighted by Crippen LogP contribution is 2.49. The zero-order chi connectivity index (χ0) is 22.2. The van der Waals surface area contributed by atoms with Crippen molar-refractivity contribution < 1.29 is 9.47 Å². The van der Waals surface area contributed by atoms with Crippen molar-refractivity contribution in [3.8, 4) is 0 Å². The van der Waals surface area contributed by atoms with Gasteiger partial charge in [-0.1, -0.05) is 44.6 Å². The number of nitrogens with one attached hydrogen (secondary N) is 1. The molecule has 2 fully saturated rings. The molecule has 1 aliphatic heterocycles. The first kappa shape index (κ1) is 23.7. The monoisotopic (exact) mass is 424 g/mol. The van der Waals surface area contributed by atoms with E-state index in [2.05, 4.69) is 31.0 Å². The molecule has 1 spiro atoms. The highest BCUT2D eigenvalue weighted by molar-refractivity contribution is 5.32. The Kier molecular flexibility index (Phi) is 8.50.